The topological polar surface area (TPSA) is 54.1 Å². The molecule has 0 spiro atoms. The molecule has 1 aromatic heterocycles. The van der Waals surface area contributed by atoms with Gasteiger partial charge in [0.25, 0.3) is 5.56 Å². The maximum Gasteiger partial charge on any atom is 0.390 e. The van der Waals surface area contributed by atoms with E-state index in [-0.39, 0.29) is 24.2 Å². The third-order valence-corrected chi connectivity index (χ3v) is 4.93. The lowest BCUT2D eigenvalue weighted by Gasteiger charge is -2.30. The van der Waals surface area contributed by atoms with Crippen molar-refractivity contribution in [3.05, 3.63) is 39.8 Å². The number of nitrogens with one attached hydrogen (secondary N) is 2. The summed E-state index contributed by atoms with van der Waals surface area (Å²) in [4.78, 5) is 14.4. The van der Waals surface area contributed by atoms with Crippen LogP contribution in [-0.4, -0.2) is 29.9 Å². The van der Waals surface area contributed by atoms with Crippen molar-refractivity contribution in [3.8, 4) is 5.75 Å². The van der Waals surface area contributed by atoms with Crippen molar-refractivity contribution in [1.29, 1.82) is 0 Å². The van der Waals surface area contributed by atoms with Crippen LogP contribution in [0.2, 0.25) is 5.02 Å². The van der Waals surface area contributed by atoms with Crippen LogP contribution in [0.5, 0.6) is 5.75 Å². The van der Waals surface area contributed by atoms with E-state index < -0.39 is 12.6 Å². The summed E-state index contributed by atoms with van der Waals surface area (Å²) in [6, 6.07) is 5.21. The van der Waals surface area contributed by atoms with Crippen molar-refractivity contribution >= 4 is 22.4 Å². The Morgan fingerprint density at radius 3 is 2.65 bits per heavy atom. The van der Waals surface area contributed by atoms with Gasteiger partial charge in [0.15, 0.2) is 0 Å². The number of aromatic nitrogens is 1. The number of benzene rings is 1. The van der Waals surface area contributed by atoms with Crippen molar-refractivity contribution in [1.82, 2.24) is 10.3 Å². The molecule has 1 saturated carbocycles. The van der Waals surface area contributed by atoms with E-state index in [9.17, 15) is 18.0 Å². The molecule has 8 heteroatoms. The van der Waals surface area contributed by atoms with Crippen LogP contribution in [0.3, 0.4) is 0 Å². The minimum Gasteiger partial charge on any atom is -0.489 e. The fourth-order valence-electron chi connectivity index (χ4n) is 3.26. The molecule has 1 fully saturated rings. The molecule has 0 unspecified atom stereocenters. The molecule has 3 rings (SSSR count). The predicted octanol–water partition coefficient (Wildman–Crippen LogP) is 4.41. The van der Waals surface area contributed by atoms with Crippen molar-refractivity contribution in [2.75, 3.05) is 6.54 Å². The zero-order chi connectivity index (χ0) is 18.7. The van der Waals surface area contributed by atoms with Crippen LogP contribution in [0.15, 0.2) is 29.2 Å². The molecule has 1 heterocycles. The molecule has 0 bridgehead atoms. The first kappa shape index (κ1) is 19.0. The molecule has 0 amide bonds. The first-order valence-electron chi connectivity index (χ1n) is 8.59. The van der Waals surface area contributed by atoms with Crippen LogP contribution in [0.4, 0.5) is 13.2 Å². The average Bonchev–Trinajstić information content (AvgIpc) is 2.57. The molecule has 2 aromatic rings. The van der Waals surface area contributed by atoms with Gasteiger partial charge in [-0.05, 0) is 49.3 Å². The summed E-state index contributed by atoms with van der Waals surface area (Å²) in [7, 11) is 0. The van der Waals surface area contributed by atoms with Gasteiger partial charge in [-0.3, -0.25) is 4.79 Å². The molecular formula is C18H20ClF3N2O2. The Kier molecular flexibility index (Phi) is 5.77. The molecule has 0 aliphatic heterocycles. The second-order valence-electron chi connectivity index (χ2n) is 6.59. The number of hydrogen-bond donors (Lipinski definition) is 2. The molecule has 0 atom stereocenters. The number of pyridine rings is 1. The second kappa shape index (κ2) is 7.88. The summed E-state index contributed by atoms with van der Waals surface area (Å²) in [6.45, 7) is -0.0509. The van der Waals surface area contributed by atoms with Crippen molar-refractivity contribution in [2.45, 2.75) is 50.4 Å². The molecule has 26 heavy (non-hydrogen) atoms. The Hall–Kier alpha value is -1.73. The highest BCUT2D eigenvalue weighted by Gasteiger charge is 2.28. The summed E-state index contributed by atoms with van der Waals surface area (Å²) in [5, 5.41) is 4.59. The van der Waals surface area contributed by atoms with E-state index in [0.29, 0.717) is 16.2 Å². The predicted molar refractivity (Wildman–Crippen MR) is 94.9 cm³/mol. The van der Waals surface area contributed by atoms with E-state index in [1.165, 1.54) is 0 Å². The molecule has 1 aromatic carbocycles. The highest BCUT2D eigenvalue weighted by atomic mass is 35.5. The number of alkyl halides is 3. The van der Waals surface area contributed by atoms with E-state index in [1.807, 2.05) is 0 Å². The summed E-state index contributed by atoms with van der Waals surface area (Å²) in [6.07, 6.45) is -0.397. The summed E-state index contributed by atoms with van der Waals surface area (Å²) >= 11 is 6.24. The second-order valence-corrected chi connectivity index (χ2v) is 6.99. The lowest BCUT2D eigenvalue weighted by Crippen LogP contribution is -2.37. The number of ether oxygens (including phenoxy) is 1. The van der Waals surface area contributed by atoms with Gasteiger partial charge in [-0.1, -0.05) is 11.6 Å². The Balaban J connectivity index is 1.55. The van der Waals surface area contributed by atoms with Crippen LogP contribution in [0.25, 0.3) is 10.8 Å². The molecule has 0 radical (unpaired) electrons. The van der Waals surface area contributed by atoms with E-state index in [2.05, 4.69) is 10.3 Å². The largest absolute Gasteiger partial charge is 0.489 e. The molecule has 1 aliphatic carbocycles. The first-order chi connectivity index (χ1) is 12.3. The number of aromatic amines is 1. The molecular weight excluding hydrogens is 369 g/mol. The third kappa shape index (κ3) is 4.92. The van der Waals surface area contributed by atoms with Crippen LogP contribution in [-0.2, 0) is 0 Å². The molecule has 0 saturated heterocycles. The zero-order valence-electron chi connectivity index (χ0n) is 14.0. The minimum absolute atomic E-state index is 0.0346. The van der Waals surface area contributed by atoms with Crippen molar-refractivity contribution in [3.63, 3.8) is 0 Å². The maximum absolute atomic E-state index is 12.2. The summed E-state index contributed by atoms with van der Waals surface area (Å²) in [5.41, 5.74) is -0.207. The smallest absolute Gasteiger partial charge is 0.390 e. The van der Waals surface area contributed by atoms with Gasteiger partial charge in [0.2, 0.25) is 0 Å². The Labute approximate surface area is 153 Å². The van der Waals surface area contributed by atoms with Crippen molar-refractivity contribution in [2.24, 2.45) is 0 Å². The number of fused-ring (bicyclic) bond motifs is 1. The van der Waals surface area contributed by atoms with E-state index >= 15 is 0 Å². The zero-order valence-corrected chi connectivity index (χ0v) is 14.8. The maximum atomic E-state index is 12.2. The van der Waals surface area contributed by atoms with Gasteiger partial charge < -0.3 is 15.0 Å². The number of halogens is 4. The SMILES string of the molecule is O=c1[nH]ccc2cc(OC3CCC(NCCC(F)(F)F)CC3)c(Cl)cc12. The molecule has 1 aliphatic rings. The quantitative estimate of drug-likeness (QED) is 0.797. The van der Waals surface area contributed by atoms with Gasteiger partial charge in [-0.2, -0.15) is 13.2 Å². The van der Waals surface area contributed by atoms with Gasteiger partial charge in [-0.25, -0.2) is 0 Å². The highest BCUT2D eigenvalue weighted by Crippen LogP contribution is 2.32. The van der Waals surface area contributed by atoms with Gasteiger partial charge in [0.05, 0.1) is 17.5 Å². The minimum atomic E-state index is -4.12. The molecule has 142 valence electrons. The monoisotopic (exact) mass is 388 g/mol. The third-order valence-electron chi connectivity index (χ3n) is 4.64. The normalized spacial score (nSPS) is 21.1. The summed E-state index contributed by atoms with van der Waals surface area (Å²) in [5.74, 6) is 0.526. The molecule has 4 nitrogen and oxygen atoms in total. The average molecular weight is 389 g/mol. The first-order valence-corrected chi connectivity index (χ1v) is 8.97. The van der Waals surface area contributed by atoms with Crippen LogP contribution in [0, 0.1) is 0 Å². The lowest BCUT2D eigenvalue weighted by atomic mass is 9.93. The van der Waals surface area contributed by atoms with E-state index in [4.69, 9.17) is 16.3 Å². The van der Waals surface area contributed by atoms with Gasteiger partial charge in [0, 0.05) is 24.2 Å². The molecule has 2 N–H and O–H groups in total. The highest BCUT2D eigenvalue weighted by molar-refractivity contribution is 6.32. The fraction of sp³-hybridized carbons (Fsp3) is 0.500. The standard InChI is InChI=1S/C18H20ClF3N2O2/c19-15-10-14-11(5-7-24-17(14)25)9-16(15)26-13-3-1-12(2-4-13)23-8-6-18(20,21)22/h5,7,9-10,12-13,23H,1-4,6,8H2,(H,24,25). The number of rotatable bonds is 5. The van der Waals surface area contributed by atoms with Gasteiger partial charge >= 0.3 is 6.18 Å². The van der Waals surface area contributed by atoms with Gasteiger partial charge in [0.1, 0.15) is 5.75 Å². The van der Waals surface area contributed by atoms with Crippen molar-refractivity contribution < 1.29 is 17.9 Å². The number of H-pyrrole nitrogens is 1. The van der Waals surface area contributed by atoms with Crippen LogP contribution >= 0.6 is 11.6 Å². The fourth-order valence-corrected chi connectivity index (χ4v) is 3.47. The Morgan fingerprint density at radius 2 is 1.96 bits per heavy atom. The van der Waals surface area contributed by atoms with E-state index in [1.54, 1.807) is 24.4 Å². The lowest BCUT2D eigenvalue weighted by molar-refractivity contribution is -0.133. The Bertz CT molecular complexity index is 814. The Morgan fingerprint density at radius 1 is 1.23 bits per heavy atom. The van der Waals surface area contributed by atoms with Crippen LogP contribution in [0.1, 0.15) is 32.1 Å². The van der Waals surface area contributed by atoms with E-state index in [0.717, 1.165) is 31.1 Å². The van der Waals surface area contributed by atoms with Crippen LogP contribution < -0.4 is 15.6 Å². The van der Waals surface area contributed by atoms with Gasteiger partial charge in [-0.15, -0.1) is 0 Å². The number of hydrogen-bond acceptors (Lipinski definition) is 3. The summed E-state index contributed by atoms with van der Waals surface area (Å²) < 4.78 is 42.6.